The summed E-state index contributed by atoms with van der Waals surface area (Å²) in [4.78, 5) is 29.5. The van der Waals surface area contributed by atoms with Crippen molar-refractivity contribution in [2.75, 3.05) is 39.4 Å². The van der Waals surface area contributed by atoms with Crippen molar-refractivity contribution in [1.82, 2.24) is 15.0 Å². The highest BCUT2D eigenvalue weighted by atomic mass is 16.5. The molecular formula is C23H29N3O4. The lowest BCUT2D eigenvalue weighted by atomic mass is 9.95. The summed E-state index contributed by atoms with van der Waals surface area (Å²) in [6.45, 7) is 9.62. The number of morpholine rings is 1. The van der Waals surface area contributed by atoms with Gasteiger partial charge in [-0.2, -0.15) is 0 Å². The molecule has 4 rings (SSSR count). The van der Waals surface area contributed by atoms with Gasteiger partial charge in [0.05, 0.1) is 19.1 Å². The predicted octanol–water partition coefficient (Wildman–Crippen LogP) is 2.98. The van der Waals surface area contributed by atoms with Crippen molar-refractivity contribution in [3.8, 4) is 11.3 Å². The van der Waals surface area contributed by atoms with Crippen LogP contribution >= 0.6 is 0 Å². The zero-order valence-electron chi connectivity index (χ0n) is 17.9. The molecule has 3 heterocycles. The number of piperidine rings is 1. The third-order valence-corrected chi connectivity index (χ3v) is 6.03. The number of aromatic nitrogens is 1. The molecule has 0 radical (unpaired) electrons. The number of rotatable bonds is 3. The van der Waals surface area contributed by atoms with Crippen LogP contribution in [0.5, 0.6) is 0 Å². The third-order valence-electron chi connectivity index (χ3n) is 6.03. The zero-order valence-corrected chi connectivity index (χ0v) is 17.9. The summed E-state index contributed by atoms with van der Waals surface area (Å²) in [5.74, 6) is 0.398. The molecule has 1 aromatic carbocycles. The minimum atomic E-state index is -0.174. The van der Waals surface area contributed by atoms with E-state index in [0.29, 0.717) is 50.8 Å². The molecule has 0 aliphatic carbocycles. The van der Waals surface area contributed by atoms with E-state index in [2.05, 4.69) is 24.2 Å². The van der Waals surface area contributed by atoms with Gasteiger partial charge in [-0.3, -0.25) is 9.59 Å². The molecule has 7 nitrogen and oxygen atoms in total. The molecule has 0 N–H and O–H groups in total. The Morgan fingerprint density at radius 2 is 1.70 bits per heavy atom. The Hall–Kier alpha value is -2.67. The van der Waals surface area contributed by atoms with Crippen molar-refractivity contribution in [3.63, 3.8) is 0 Å². The quantitative estimate of drug-likeness (QED) is 0.776. The molecule has 2 saturated heterocycles. The topological polar surface area (TPSA) is 75.9 Å². The largest absolute Gasteiger partial charge is 0.378 e. The molecule has 160 valence electrons. The lowest BCUT2D eigenvalue weighted by molar-refractivity contribution is -0.141. The van der Waals surface area contributed by atoms with E-state index in [4.69, 9.17) is 9.26 Å². The molecule has 0 saturated carbocycles. The molecule has 0 unspecified atom stereocenters. The Morgan fingerprint density at radius 1 is 1.00 bits per heavy atom. The van der Waals surface area contributed by atoms with Gasteiger partial charge in [-0.15, -0.1) is 0 Å². The first kappa shape index (κ1) is 20.6. The Labute approximate surface area is 177 Å². The molecule has 2 fully saturated rings. The molecule has 2 amide bonds. The molecular weight excluding hydrogens is 382 g/mol. The molecule has 1 aromatic heterocycles. The highest BCUT2D eigenvalue weighted by molar-refractivity contribution is 5.94. The van der Waals surface area contributed by atoms with E-state index in [1.807, 2.05) is 18.7 Å². The number of likely N-dealkylation sites (tertiary alicyclic amines) is 1. The average Bonchev–Trinajstić information content (AvgIpc) is 3.22. The second-order valence-corrected chi connectivity index (χ2v) is 8.38. The summed E-state index contributed by atoms with van der Waals surface area (Å²) in [5.41, 5.74) is 4.65. The van der Waals surface area contributed by atoms with Gasteiger partial charge in [-0.25, -0.2) is 0 Å². The molecule has 2 aliphatic heterocycles. The fourth-order valence-corrected chi connectivity index (χ4v) is 4.63. The molecule has 0 bridgehead atoms. The summed E-state index contributed by atoms with van der Waals surface area (Å²) in [6, 6.07) is 5.91. The lowest BCUT2D eigenvalue weighted by Crippen LogP contribution is -2.49. The van der Waals surface area contributed by atoms with E-state index >= 15 is 0 Å². The van der Waals surface area contributed by atoms with E-state index in [0.717, 1.165) is 29.5 Å². The number of aryl methyl sites for hydroxylation is 3. The lowest BCUT2D eigenvalue weighted by Gasteiger charge is -2.35. The number of hydrogen-bond acceptors (Lipinski definition) is 5. The number of hydrogen-bond donors (Lipinski definition) is 0. The van der Waals surface area contributed by atoms with Gasteiger partial charge in [0.2, 0.25) is 5.91 Å². The summed E-state index contributed by atoms with van der Waals surface area (Å²) >= 11 is 0. The standard InChI is InChI=1S/C23H29N3O4/c1-15-11-16(2)21(17(3)12-15)20-13-19(24-30-20)23(28)26-6-4-5-18(14-26)22(27)25-7-9-29-10-8-25/h11-13,18H,4-10,14H2,1-3H3/t18-/m1/s1. The Bertz CT molecular complexity index is 923. The number of amides is 2. The predicted molar refractivity (Wildman–Crippen MR) is 112 cm³/mol. The van der Waals surface area contributed by atoms with Crippen LogP contribution in [-0.4, -0.2) is 66.2 Å². The maximum Gasteiger partial charge on any atom is 0.276 e. The van der Waals surface area contributed by atoms with Crippen molar-refractivity contribution < 1.29 is 18.8 Å². The van der Waals surface area contributed by atoms with Crippen LogP contribution < -0.4 is 0 Å². The highest BCUT2D eigenvalue weighted by Crippen LogP contribution is 2.30. The zero-order chi connectivity index (χ0) is 21.3. The van der Waals surface area contributed by atoms with Gasteiger partial charge in [-0.05, 0) is 44.7 Å². The van der Waals surface area contributed by atoms with Crippen molar-refractivity contribution in [2.24, 2.45) is 5.92 Å². The van der Waals surface area contributed by atoms with Gasteiger partial charge in [-0.1, -0.05) is 22.9 Å². The van der Waals surface area contributed by atoms with E-state index in [-0.39, 0.29) is 17.7 Å². The number of carbonyl (C=O) groups is 2. The van der Waals surface area contributed by atoms with Crippen molar-refractivity contribution in [3.05, 3.63) is 40.6 Å². The maximum absolute atomic E-state index is 13.1. The normalized spacial score (nSPS) is 19.8. The van der Waals surface area contributed by atoms with Crippen LogP contribution in [-0.2, 0) is 9.53 Å². The molecule has 0 spiro atoms. The van der Waals surface area contributed by atoms with Crippen LogP contribution in [0.2, 0.25) is 0 Å². The van der Waals surface area contributed by atoms with Gasteiger partial charge < -0.3 is 19.1 Å². The van der Waals surface area contributed by atoms with E-state index < -0.39 is 0 Å². The Morgan fingerprint density at radius 3 is 2.40 bits per heavy atom. The minimum Gasteiger partial charge on any atom is -0.378 e. The Balaban J connectivity index is 1.48. The molecule has 2 aliphatic rings. The summed E-state index contributed by atoms with van der Waals surface area (Å²) < 4.78 is 10.9. The second kappa shape index (κ2) is 8.60. The first-order valence-corrected chi connectivity index (χ1v) is 10.6. The number of ether oxygens (including phenoxy) is 1. The number of benzene rings is 1. The van der Waals surface area contributed by atoms with E-state index in [9.17, 15) is 9.59 Å². The van der Waals surface area contributed by atoms with Crippen LogP contribution in [0.4, 0.5) is 0 Å². The first-order valence-electron chi connectivity index (χ1n) is 10.6. The van der Waals surface area contributed by atoms with Crippen LogP contribution in [0.1, 0.15) is 40.0 Å². The summed E-state index contributed by atoms with van der Waals surface area (Å²) in [7, 11) is 0. The van der Waals surface area contributed by atoms with Crippen LogP contribution in [0.3, 0.4) is 0 Å². The molecule has 7 heteroatoms. The van der Waals surface area contributed by atoms with Crippen molar-refractivity contribution in [2.45, 2.75) is 33.6 Å². The SMILES string of the molecule is Cc1cc(C)c(-c2cc(C(=O)N3CCC[C@@H](C(=O)N4CCOCC4)C3)no2)c(C)c1. The van der Waals surface area contributed by atoms with Gasteiger partial charge in [0, 0.05) is 37.8 Å². The molecule has 30 heavy (non-hydrogen) atoms. The van der Waals surface area contributed by atoms with Crippen LogP contribution in [0.15, 0.2) is 22.7 Å². The van der Waals surface area contributed by atoms with Gasteiger partial charge in [0.1, 0.15) is 0 Å². The molecule has 2 aromatic rings. The van der Waals surface area contributed by atoms with Crippen LogP contribution in [0, 0.1) is 26.7 Å². The fraction of sp³-hybridized carbons (Fsp3) is 0.522. The van der Waals surface area contributed by atoms with Gasteiger partial charge in [0.25, 0.3) is 5.91 Å². The van der Waals surface area contributed by atoms with Crippen molar-refractivity contribution in [1.29, 1.82) is 0 Å². The summed E-state index contributed by atoms with van der Waals surface area (Å²) in [6.07, 6.45) is 1.62. The fourth-order valence-electron chi connectivity index (χ4n) is 4.63. The molecule has 1 atom stereocenters. The second-order valence-electron chi connectivity index (χ2n) is 8.38. The smallest absolute Gasteiger partial charge is 0.276 e. The minimum absolute atomic E-state index is 0.127. The number of nitrogens with zero attached hydrogens (tertiary/aromatic N) is 3. The maximum atomic E-state index is 13.1. The highest BCUT2D eigenvalue weighted by Gasteiger charge is 2.33. The summed E-state index contributed by atoms with van der Waals surface area (Å²) in [5, 5.41) is 4.05. The van der Waals surface area contributed by atoms with E-state index in [1.54, 1.807) is 11.0 Å². The van der Waals surface area contributed by atoms with Crippen molar-refractivity contribution >= 4 is 11.8 Å². The average molecular weight is 412 g/mol. The van der Waals surface area contributed by atoms with Crippen LogP contribution in [0.25, 0.3) is 11.3 Å². The Kier molecular flexibility index (Phi) is 5.90. The van der Waals surface area contributed by atoms with E-state index in [1.165, 1.54) is 5.56 Å². The number of carbonyl (C=O) groups excluding carboxylic acids is 2. The third kappa shape index (κ3) is 4.12. The first-order chi connectivity index (χ1) is 14.4. The van der Waals surface area contributed by atoms with Gasteiger partial charge >= 0.3 is 0 Å². The monoisotopic (exact) mass is 411 g/mol. The van der Waals surface area contributed by atoms with Gasteiger partial charge in [0.15, 0.2) is 11.5 Å².